The van der Waals surface area contributed by atoms with Crippen molar-refractivity contribution in [1.82, 2.24) is 0 Å². The first-order valence-corrected chi connectivity index (χ1v) is 8.66. The predicted octanol–water partition coefficient (Wildman–Crippen LogP) is 5.13. The van der Waals surface area contributed by atoms with E-state index in [0.29, 0.717) is 29.5 Å². The van der Waals surface area contributed by atoms with Crippen LogP contribution in [0.25, 0.3) is 0 Å². The fraction of sp³-hybridized carbons (Fsp3) is 0.316. The first-order chi connectivity index (χ1) is 11.5. The monoisotopic (exact) mass is 391 g/mol. The number of amides is 1. The smallest absolute Gasteiger partial charge is 0.255 e. The number of nitrogens with one attached hydrogen (secondary N) is 1. The molecule has 0 aromatic heterocycles. The normalized spacial score (nSPS) is 10.5. The number of carbonyl (C=O) groups is 1. The molecule has 2 aromatic carbocycles. The van der Waals surface area contributed by atoms with E-state index in [0.717, 1.165) is 16.6 Å². The van der Waals surface area contributed by atoms with Gasteiger partial charge < -0.3 is 14.8 Å². The molecular formula is C19H22BrNO3. The van der Waals surface area contributed by atoms with Crippen molar-refractivity contribution in [3.63, 3.8) is 0 Å². The van der Waals surface area contributed by atoms with Crippen LogP contribution in [0.3, 0.4) is 0 Å². The molecule has 5 heteroatoms. The lowest BCUT2D eigenvalue weighted by Crippen LogP contribution is -2.12. The highest BCUT2D eigenvalue weighted by Gasteiger charge is 2.10. The van der Waals surface area contributed by atoms with Crippen LogP contribution in [0.1, 0.15) is 30.6 Å². The molecule has 0 atom stereocenters. The van der Waals surface area contributed by atoms with Crippen LogP contribution in [0, 0.1) is 5.92 Å². The Hall–Kier alpha value is -2.01. The van der Waals surface area contributed by atoms with Gasteiger partial charge in [-0.1, -0.05) is 19.9 Å². The van der Waals surface area contributed by atoms with E-state index in [1.807, 2.05) is 24.3 Å². The molecule has 0 heterocycles. The van der Waals surface area contributed by atoms with Gasteiger partial charge in [0.15, 0.2) is 0 Å². The first kappa shape index (κ1) is 18.3. The Balaban J connectivity index is 2.03. The zero-order chi connectivity index (χ0) is 17.5. The molecule has 0 unspecified atom stereocenters. The Morgan fingerprint density at radius 3 is 2.67 bits per heavy atom. The molecule has 0 aliphatic heterocycles. The summed E-state index contributed by atoms with van der Waals surface area (Å²) in [4.78, 5) is 12.4. The predicted molar refractivity (Wildman–Crippen MR) is 100 cm³/mol. The first-order valence-electron chi connectivity index (χ1n) is 7.87. The van der Waals surface area contributed by atoms with E-state index in [1.165, 1.54) is 0 Å². The highest BCUT2D eigenvalue weighted by molar-refractivity contribution is 9.10. The van der Waals surface area contributed by atoms with Gasteiger partial charge in [-0.3, -0.25) is 4.79 Å². The number of rotatable bonds is 7. The quantitative estimate of drug-likeness (QED) is 0.710. The standard InChI is InChI=1S/C19H22BrNO3/c1-13(2)9-10-24-18-8-7-14(11-17(18)20)19(22)21-15-5-4-6-16(12-15)23-3/h4-8,11-13H,9-10H2,1-3H3,(H,21,22). The molecule has 2 rings (SSSR count). The van der Waals surface area contributed by atoms with Gasteiger partial charge in [0.1, 0.15) is 11.5 Å². The maximum Gasteiger partial charge on any atom is 0.255 e. The SMILES string of the molecule is COc1cccc(NC(=O)c2ccc(OCCC(C)C)c(Br)c2)c1. The summed E-state index contributed by atoms with van der Waals surface area (Å²) in [5, 5.41) is 2.86. The molecule has 0 bridgehead atoms. The van der Waals surface area contributed by atoms with Gasteiger partial charge in [-0.05, 0) is 58.6 Å². The number of anilines is 1. The van der Waals surface area contributed by atoms with Gasteiger partial charge in [-0.2, -0.15) is 0 Å². The second kappa shape index (κ2) is 8.73. The van der Waals surface area contributed by atoms with Crippen LogP contribution < -0.4 is 14.8 Å². The lowest BCUT2D eigenvalue weighted by Gasteiger charge is -2.11. The van der Waals surface area contributed by atoms with Crippen molar-refractivity contribution in [3.05, 3.63) is 52.5 Å². The Bertz CT molecular complexity index is 701. The summed E-state index contributed by atoms with van der Waals surface area (Å²) in [6.07, 6.45) is 0.991. The summed E-state index contributed by atoms with van der Waals surface area (Å²) in [7, 11) is 1.59. The van der Waals surface area contributed by atoms with Gasteiger partial charge in [0.25, 0.3) is 5.91 Å². The van der Waals surface area contributed by atoms with Gasteiger partial charge in [0.05, 0.1) is 18.2 Å². The highest BCUT2D eigenvalue weighted by atomic mass is 79.9. The van der Waals surface area contributed by atoms with Gasteiger partial charge in [-0.15, -0.1) is 0 Å². The third-order valence-corrected chi connectivity index (χ3v) is 4.09. The van der Waals surface area contributed by atoms with Crippen LogP contribution in [0.2, 0.25) is 0 Å². The number of ether oxygens (including phenoxy) is 2. The summed E-state index contributed by atoms with van der Waals surface area (Å²) in [5.74, 6) is 1.85. The second-order valence-corrected chi connectivity index (χ2v) is 6.72. The minimum atomic E-state index is -0.183. The Morgan fingerprint density at radius 2 is 2.00 bits per heavy atom. The van der Waals surface area contributed by atoms with E-state index in [1.54, 1.807) is 25.3 Å². The zero-order valence-corrected chi connectivity index (χ0v) is 15.7. The molecule has 24 heavy (non-hydrogen) atoms. The lowest BCUT2D eigenvalue weighted by molar-refractivity contribution is 0.102. The van der Waals surface area contributed by atoms with E-state index < -0.39 is 0 Å². The minimum Gasteiger partial charge on any atom is -0.497 e. The average Bonchev–Trinajstić information content (AvgIpc) is 2.56. The maximum absolute atomic E-state index is 12.4. The molecule has 0 saturated carbocycles. The fourth-order valence-electron chi connectivity index (χ4n) is 2.07. The molecule has 0 aliphatic carbocycles. The van der Waals surface area contributed by atoms with Crippen LogP contribution in [0.15, 0.2) is 46.9 Å². The van der Waals surface area contributed by atoms with Crippen LogP contribution in [0.5, 0.6) is 11.5 Å². The van der Waals surface area contributed by atoms with Crippen LogP contribution >= 0.6 is 15.9 Å². The van der Waals surface area contributed by atoms with Gasteiger partial charge in [0.2, 0.25) is 0 Å². The number of halogens is 1. The number of carbonyl (C=O) groups excluding carboxylic acids is 1. The van der Waals surface area contributed by atoms with Crippen molar-refractivity contribution in [2.45, 2.75) is 20.3 Å². The minimum absolute atomic E-state index is 0.183. The number of hydrogen-bond acceptors (Lipinski definition) is 3. The zero-order valence-electron chi connectivity index (χ0n) is 14.1. The summed E-state index contributed by atoms with van der Waals surface area (Å²) in [6.45, 7) is 4.97. The second-order valence-electron chi connectivity index (χ2n) is 5.86. The summed E-state index contributed by atoms with van der Waals surface area (Å²) >= 11 is 3.47. The number of benzene rings is 2. The third-order valence-electron chi connectivity index (χ3n) is 3.47. The average molecular weight is 392 g/mol. The van der Waals surface area contributed by atoms with Gasteiger partial charge in [-0.25, -0.2) is 0 Å². The van der Waals surface area contributed by atoms with E-state index >= 15 is 0 Å². The van der Waals surface area contributed by atoms with E-state index in [4.69, 9.17) is 9.47 Å². The van der Waals surface area contributed by atoms with Crippen LogP contribution in [0.4, 0.5) is 5.69 Å². The molecule has 4 nitrogen and oxygen atoms in total. The Morgan fingerprint density at radius 1 is 1.21 bits per heavy atom. The van der Waals surface area contributed by atoms with Crippen LogP contribution in [-0.4, -0.2) is 19.6 Å². The topological polar surface area (TPSA) is 47.6 Å². The summed E-state index contributed by atoms with van der Waals surface area (Å²) < 4.78 is 11.7. The van der Waals surface area contributed by atoms with Crippen molar-refractivity contribution in [2.24, 2.45) is 5.92 Å². The lowest BCUT2D eigenvalue weighted by atomic mass is 10.1. The molecule has 0 spiro atoms. The maximum atomic E-state index is 12.4. The largest absolute Gasteiger partial charge is 0.497 e. The molecule has 0 fully saturated rings. The van der Waals surface area contributed by atoms with E-state index in [9.17, 15) is 4.79 Å². The van der Waals surface area contributed by atoms with Gasteiger partial charge >= 0.3 is 0 Å². The molecule has 0 aliphatic rings. The molecule has 128 valence electrons. The molecule has 0 saturated heterocycles. The molecule has 1 amide bonds. The van der Waals surface area contributed by atoms with Crippen molar-refractivity contribution < 1.29 is 14.3 Å². The van der Waals surface area contributed by atoms with Crippen molar-refractivity contribution in [1.29, 1.82) is 0 Å². The summed E-state index contributed by atoms with van der Waals surface area (Å²) in [5.41, 5.74) is 1.24. The van der Waals surface area contributed by atoms with Crippen molar-refractivity contribution in [2.75, 3.05) is 19.0 Å². The molecular weight excluding hydrogens is 370 g/mol. The highest BCUT2D eigenvalue weighted by Crippen LogP contribution is 2.27. The number of hydrogen-bond donors (Lipinski definition) is 1. The summed E-state index contributed by atoms with van der Waals surface area (Å²) in [6, 6.07) is 12.6. The molecule has 0 radical (unpaired) electrons. The fourth-order valence-corrected chi connectivity index (χ4v) is 2.56. The van der Waals surface area contributed by atoms with E-state index in [-0.39, 0.29) is 5.91 Å². The Kier molecular flexibility index (Phi) is 6.67. The van der Waals surface area contributed by atoms with Crippen molar-refractivity contribution >= 4 is 27.5 Å². The molecule has 2 aromatic rings. The molecule has 1 N–H and O–H groups in total. The van der Waals surface area contributed by atoms with E-state index in [2.05, 4.69) is 35.1 Å². The third kappa shape index (κ3) is 5.27. The number of methoxy groups -OCH3 is 1. The van der Waals surface area contributed by atoms with Crippen molar-refractivity contribution in [3.8, 4) is 11.5 Å². The Labute approximate surface area is 151 Å². The van der Waals surface area contributed by atoms with Gasteiger partial charge in [0, 0.05) is 17.3 Å². The van der Waals surface area contributed by atoms with Crippen LogP contribution in [-0.2, 0) is 0 Å².